The van der Waals surface area contributed by atoms with E-state index in [4.69, 9.17) is 0 Å². The monoisotopic (exact) mass is 723 g/mol. The van der Waals surface area contributed by atoms with Crippen LogP contribution in [0.1, 0.15) is 25.0 Å². The van der Waals surface area contributed by atoms with Gasteiger partial charge in [-0.05, 0) is 120 Å². The molecule has 1 aliphatic carbocycles. The summed E-state index contributed by atoms with van der Waals surface area (Å²) in [5.74, 6) is 0. The number of hydrogen-bond acceptors (Lipinski definition) is 2. The molecule has 1 aliphatic heterocycles. The Morgan fingerprint density at radius 1 is 0.407 bits per heavy atom. The highest BCUT2D eigenvalue weighted by Crippen LogP contribution is 2.59. The first-order chi connectivity index (χ1) is 26.5. The number of para-hydroxylation sites is 1. The van der Waals surface area contributed by atoms with Gasteiger partial charge < -0.3 is 4.57 Å². The van der Waals surface area contributed by atoms with Crippen molar-refractivity contribution in [1.82, 2.24) is 4.57 Å². The van der Waals surface area contributed by atoms with Gasteiger partial charge in [-0.3, -0.25) is 0 Å². The summed E-state index contributed by atoms with van der Waals surface area (Å²) >= 11 is 3.85. The predicted molar refractivity (Wildman–Crippen MR) is 231 cm³/mol. The SMILES string of the molecule is CC1(C)c2cc3c(cc2-c2ccc4c(c21)Sc1ccccc1S4)c1ccccc1n3-c1cccc(-c2ccc3c4ccccc4c4ccccc4c3c2)c1. The van der Waals surface area contributed by atoms with E-state index in [1.807, 2.05) is 23.5 Å². The quantitative estimate of drug-likeness (QED) is 0.164. The van der Waals surface area contributed by atoms with Crippen molar-refractivity contribution in [3.8, 4) is 27.9 Å². The lowest BCUT2D eigenvalue weighted by atomic mass is 9.82. The number of aromatic nitrogens is 1. The normalized spacial score (nSPS) is 14.1. The first-order valence-corrected chi connectivity index (χ1v) is 20.3. The maximum absolute atomic E-state index is 2.51. The minimum atomic E-state index is -0.148. The predicted octanol–water partition coefficient (Wildman–Crippen LogP) is 14.8. The molecule has 0 N–H and O–H groups in total. The van der Waals surface area contributed by atoms with Crippen LogP contribution in [0, 0.1) is 0 Å². The first-order valence-electron chi connectivity index (χ1n) is 18.7. The highest BCUT2D eigenvalue weighted by atomic mass is 32.2. The van der Waals surface area contributed by atoms with E-state index in [1.165, 1.54) is 113 Å². The van der Waals surface area contributed by atoms with Crippen LogP contribution in [-0.2, 0) is 5.41 Å². The van der Waals surface area contributed by atoms with Crippen molar-refractivity contribution < 1.29 is 0 Å². The smallest absolute Gasteiger partial charge is 0.0544 e. The molecular weight excluding hydrogens is 691 g/mol. The Bertz CT molecular complexity index is 3220. The molecule has 54 heavy (non-hydrogen) atoms. The molecule has 0 atom stereocenters. The van der Waals surface area contributed by atoms with E-state index in [1.54, 1.807) is 0 Å². The molecule has 0 spiro atoms. The van der Waals surface area contributed by atoms with Gasteiger partial charge >= 0.3 is 0 Å². The number of rotatable bonds is 2. The average molecular weight is 724 g/mol. The molecule has 1 nitrogen and oxygen atoms in total. The number of benzene rings is 9. The molecule has 1 aromatic heterocycles. The molecule has 9 aromatic carbocycles. The van der Waals surface area contributed by atoms with Gasteiger partial charge in [0.05, 0.1) is 11.0 Å². The van der Waals surface area contributed by atoms with Crippen molar-refractivity contribution in [3.63, 3.8) is 0 Å². The molecule has 254 valence electrons. The lowest BCUT2D eigenvalue weighted by molar-refractivity contribution is 0.643. The van der Waals surface area contributed by atoms with Crippen molar-refractivity contribution in [1.29, 1.82) is 0 Å². The van der Waals surface area contributed by atoms with Gasteiger partial charge in [-0.15, -0.1) is 0 Å². The maximum Gasteiger partial charge on any atom is 0.0544 e. The van der Waals surface area contributed by atoms with Crippen molar-refractivity contribution in [3.05, 3.63) is 175 Å². The van der Waals surface area contributed by atoms with E-state index in [0.29, 0.717) is 0 Å². The zero-order valence-electron chi connectivity index (χ0n) is 29.9. The molecule has 0 unspecified atom stereocenters. The summed E-state index contributed by atoms with van der Waals surface area (Å²) in [7, 11) is 0. The molecular formula is C51H33NS2. The second kappa shape index (κ2) is 11.1. The van der Waals surface area contributed by atoms with Crippen LogP contribution in [0.3, 0.4) is 0 Å². The molecule has 3 heteroatoms. The Kier molecular flexibility index (Phi) is 6.33. The Hall–Kier alpha value is -5.74. The van der Waals surface area contributed by atoms with Crippen LogP contribution in [0.2, 0.25) is 0 Å². The molecule has 0 saturated heterocycles. The molecule has 0 amide bonds. The lowest BCUT2D eigenvalue weighted by Gasteiger charge is -2.28. The summed E-state index contributed by atoms with van der Waals surface area (Å²) in [6, 6.07) is 61.3. The van der Waals surface area contributed by atoms with Gasteiger partial charge in [0.15, 0.2) is 0 Å². The minimum Gasteiger partial charge on any atom is -0.309 e. The highest BCUT2D eigenvalue weighted by Gasteiger charge is 2.40. The fourth-order valence-electron chi connectivity index (χ4n) is 9.52. The molecule has 12 rings (SSSR count). The van der Waals surface area contributed by atoms with E-state index in [9.17, 15) is 0 Å². The van der Waals surface area contributed by atoms with Gasteiger partial charge in [0.25, 0.3) is 0 Å². The molecule has 2 aliphatic rings. The third kappa shape index (κ3) is 4.20. The van der Waals surface area contributed by atoms with Gasteiger partial charge in [0.2, 0.25) is 0 Å². The molecule has 0 fully saturated rings. The number of nitrogens with zero attached hydrogens (tertiary/aromatic N) is 1. The molecule has 10 aromatic rings. The summed E-state index contributed by atoms with van der Waals surface area (Å²) in [4.78, 5) is 5.48. The van der Waals surface area contributed by atoms with Crippen LogP contribution in [0.4, 0.5) is 0 Å². The third-order valence-electron chi connectivity index (χ3n) is 12.0. The highest BCUT2D eigenvalue weighted by molar-refractivity contribution is 8.05. The van der Waals surface area contributed by atoms with Crippen molar-refractivity contribution >= 4 is 77.6 Å². The summed E-state index contributed by atoms with van der Waals surface area (Å²) in [6.07, 6.45) is 0. The van der Waals surface area contributed by atoms with Gasteiger partial charge in [-0.2, -0.15) is 0 Å². The number of hydrogen-bond donors (Lipinski definition) is 0. The summed E-state index contributed by atoms with van der Waals surface area (Å²) < 4.78 is 2.49. The average Bonchev–Trinajstić information content (AvgIpc) is 3.67. The van der Waals surface area contributed by atoms with Crippen molar-refractivity contribution in [2.75, 3.05) is 0 Å². The van der Waals surface area contributed by atoms with E-state index in [-0.39, 0.29) is 5.41 Å². The molecule has 0 saturated carbocycles. The van der Waals surface area contributed by atoms with Gasteiger partial charge in [0.1, 0.15) is 0 Å². The summed E-state index contributed by atoms with van der Waals surface area (Å²) in [5, 5.41) is 10.4. The van der Waals surface area contributed by atoms with Crippen molar-refractivity contribution in [2.24, 2.45) is 0 Å². The molecule has 0 radical (unpaired) electrons. The Labute approximate surface area is 322 Å². The fourth-order valence-corrected chi connectivity index (χ4v) is 12.1. The summed E-state index contributed by atoms with van der Waals surface area (Å²) in [5.41, 5.74) is 11.6. The maximum atomic E-state index is 2.51. The van der Waals surface area contributed by atoms with Crippen molar-refractivity contribution in [2.45, 2.75) is 38.8 Å². The third-order valence-corrected chi connectivity index (χ3v) is 14.6. The zero-order chi connectivity index (χ0) is 35.7. The van der Waals surface area contributed by atoms with E-state index < -0.39 is 0 Å². The largest absolute Gasteiger partial charge is 0.309 e. The Balaban J connectivity index is 1.04. The van der Waals surface area contributed by atoms with E-state index >= 15 is 0 Å². The van der Waals surface area contributed by atoms with Crippen LogP contribution in [0.15, 0.2) is 183 Å². The van der Waals surface area contributed by atoms with E-state index in [2.05, 4.69) is 182 Å². The second-order valence-electron chi connectivity index (χ2n) is 15.3. The Morgan fingerprint density at radius 2 is 1.04 bits per heavy atom. The van der Waals surface area contributed by atoms with Crippen LogP contribution in [0.5, 0.6) is 0 Å². The summed E-state index contributed by atoms with van der Waals surface area (Å²) in [6.45, 7) is 4.85. The van der Waals surface area contributed by atoms with Crippen LogP contribution in [0.25, 0.3) is 82.1 Å². The lowest BCUT2D eigenvalue weighted by Crippen LogP contribution is -2.17. The second-order valence-corrected chi connectivity index (χ2v) is 17.4. The standard InChI is InChI=1S/C51H33NS2/c1-51(2)43-29-45-42(28-41(43)39-24-25-48-50(49(39)51)54-47-21-10-9-20-46(47)53-48)38-18-7-8-19-44(38)52(45)32-13-11-12-30(26-32)31-22-23-37-35-16-4-3-14-33(35)34-15-5-6-17-36(34)40(37)27-31/h3-29H,1-2H3. The van der Waals surface area contributed by atoms with Crippen LogP contribution < -0.4 is 0 Å². The van der Waals surface area contributed by atoms with Gasteiger partial charge in [-0.25, -0.2) is 0 Å². The number of fused-ring (bicyclic) bond motifs is 15. The van der Waals surface area contributed by atoms with Gasteiger partial charge in [-0.1, -0.05) is 147 Å². The van der Waals surface area contributed by atoms with Crippen LogP contribution >= 0.6 is 23.5 Å². The first kappa shape index (κ1) is 30.7. The fraction of sp³-hybridized carbons (Fsp3) is 0.0588. The Morgan fingerprint density at radius 3 is 1.80 bits per heavy atom. The van der Waals surface area contributed by atoms with Crippen LogP contribution in [-0.4, -0.2) is 4.57 Å². The molecule has 2 heterocycles. The topological polar surface area (TPSA) is 4.93 Å². The minimum absolute atomic E-state index is 0.148. The zero-order valence-corrected chi connectivity index (χ0v) is 31.5. The van der Waals surface area contributed by atoms with Gasteiger partial charge in [0, 0.05) is 41.5 Å². The van der Waals surface area contributed by atoms with E-state index in [0.717, 1.165) is 0 Å². The molecule has 0 bridgehead atoms.